The van der Waals surface area contributed by atoms with Crippen molar-refractivity contribution >= 4 is 41.5 Å². The molecule has 210 valence electrons. The third-order valence-electron chi connectivity index (χ3n) is 5.38. The number of hydrogen-bond acceptors (Lipinski definition) is 12. The molecule has 0 bridgehead atoms. The van der Waals surface area contributed by atoms with Crippen LogP contribution in [0.1, 0.15) is 6.42 Å². The summed E-state index contributed by atoms with van der Waals surface area (Å²) in [6.45, 7) is -1.42. The van der Waals surface area contributed by atoms with Crippen LogP contribution in [-0.2, 0) is 24.0 Å². The lowest BCUT2D eigenvalue weighted by Gasteiger charge is -2.29. The molecule has 0 aliphatic carbocycles. The zero-order valence-corrected chi connectivity index (χ0v) is 20.2. The quantitative estimate of drug-likeness (QED) is 0.148. The molecular weight excluding hydrogens is 508 g/mol. The molecule has 0 spiro atoms. The van der Waals surface area contributed by atoms with Gasteiger partial charge in [-0.1, -0.05) is 0 Å². The van der Waals surface area contributed by atoms with Crippen LogP contribution in [0.2, 0.25) is 0 Å². The number of hydrogen-bond donors (Lipinski definition) is 12. The average molecular weight is 541 g/mol. The molecule has 0 radical (unpaired) electrons. The standard InChI is InChI=1S/C19H32N12O7/c20-3-9-14(34)28-10(5-26-19(23)38)15(35)31-12(8-1-2-24-18(22)30-8)17(37)25-4-7(21)13(33)29-11(6-32)16(36)27-9/h5,7-9,11-12,32H,1-4,6,20-21H2,(H,25,37)(H,27,36)(H,28,34)(H,29,33)(H,31,35)(H3,22,24,30)(H3,23,26,38)/b10-5-/t7?,8-,9?,11?,12?/m1/s1. The smallest absolute Gasteiger partial charge is 0.316 e. The second-order valence-electron chi connectivity index (χ2n) is 8.20. The van der Waals surface area contributed by atoms with Gasteiger partial charge in [0.05, 0.1) is 12.6 Å². The molecule has 2 aliphatic heterocycles. The number of carbonyl (C=O) groups excluding carboxylic acids is 6. The third kappa shape index (κ3) is 8.28. The lowest BCUT2D eigenvalue weighted by atomic mass is 10.0. The lowest BCUT2D eigenvalue weighted by molar-refractivity contribution is -0.133. The molecule has 16 N–H and O–H groups in total. The molecule has 38 heavy (non-hydrogen) atoms. The minimum Gasteiger partial charge on any atom is -0.394 e. The molecule has 0 saturated carbocycles. The van der Waals surface area contributed by atoms with Gasteiger partial charge in [0.25, 0.3) is 5.91 Å². The van der Waals surface area contributed by atoms with Crippen molar-refractivity contribution in [2.45, 2.75) is 36.6 Å². The van der Waals surface area contributed by atoms with E-state index in [9.17, 15) is 33.9 Å². The maximum Gasteiger partial charge on any atom is 0.316 e. The molecule has 0 aromatic rings. The predicted octanol–water partition coefficient (Wildman–Crippen LogP) is -7.85. The number of amides is 7. The van der Waals surface area contributed by atoms with Crippen molar-refractivity contribution in [3.63, 3.8) is 0 Å². The number of nitrogens with one attached hydrogen (secondary N) is 7. The SMILES string of the molecule is NCC1NC(=O)C(CO)NC(=O)C(N)CNC(=O)C([C@H]2CCNC(N)=N2)NC(=O)/C(=C/NC(N)=O)NC1=O. The number of rotatable bonds is 4. The minimum absolute atomic E-state index is 0.0163. The Morgan fingerprint density at radius 3 is 2.32 bits per heavy atom. The molecule has 19 nitrogen and oxygen atoms in total. The molecule has 1 fully saturated rings. The number of aliphatic hydroxyl groups excluding tert-OH is 1. The lowest BCUT2D eigenvalue weighted by Crippen LogP contribution is -2.62. The van der Waals surface area contributed by atoms with Crippen molar-refractivity contribution in [2.24, 2.45) is 27.9 Å². The summed E-state index contributed by atoms with van der Waals surface area (Å²) in [5.74, 6) is -4.73. The van der Waals surface area contributed by atoms with E-state index in [1.165, 1.54) is 0 Å². The summed E-state index contributed by atoms with van der Waals surface area (Å²) >= 11 is 0. The van der Waals surface area contributed by atoms with E-state index in [2.05, 4.69) is 36.9 Å². The van der Waals surface area contributed by atoms with Crippen LogP contribution in [-0.4, -0.2) is 103 Å². The van der Waals surface area contributed by atoms with Crippen LogP contribution in [0, 0.1) is 0 Å². The predicted molar refractivity (Wildman–Crippen MR) is 130 cm³/mol. The molecule has 0 aromatic heterocycles. The van der Waals surface area contributed by atoms with Crippen LogP contribution in [0.15, 0.2) is 16.9 Å². The maximum atomic E-state index is 13.1. The Morgan fingerprint density at radius 2 is 1.71 bits per heavy atom. The monoisotopic (exact) mass is 540 g/mol. The summed E-state index contributed by atoms with van der Waals surface area (Å²) in [7, 11) is 0. The van der Waals surface area contributed by atoms with Crippen LogP contribution < -0.4 is 60.2 Å². The fraction of sp³-hybridized carbons (Fsp3) is 0.526. The first-order valence-electron chi connectivity index (χ1n) is 11.4. The minimum atomic E-state index is -1.52. The van der Waals surface area contributed by atoms with Gasteiger partial charge in [-0.3, -0.25) is 24.0 Å². The first kappa shape index (κ1) is 29.7. The maximum absolute atomic E-state index is 13.1. The van der Waals surface area contributed by atoms with Gasteiger partial charge in [0.15, 0.2) is 5.96 Å². The molecule has 4 unspecified atom stereocenters. The fourth-order valence-corrected chi connectivity index (χ4v) is 3.35. The van der Waals surface area contributed by atoms with E-state index in [-0.39, 0.29) is 12.4 Å². The number of aliphatic imine (C=N–C) groups is 1. The number of urea groups is 1. The summed E-state index contributed by atoms with van der Waals surface area (Å²) in [4.78, 5) is 79.3. The Hall–Kier alpha value is -4.49. The van der Waals surface area contributed by atoms with Crippen LogP contribution in [0.5, 0.6) is 0 Å². The van der Waals surface area contributed by atoms with Crippen molar-refractivity contribution in [2.75, 3.05) is 26.2 Å². The van der Waals surface area contributed by atoms with Crippen LogP contribution in [0.25, 0.3) is 0 Å². The van der Waals surface area contributed by atoms with E-state index in [1.807, 2.05) is 5.32 Å². The molecule has 1 saturated heterocycles. The van der Waals surface area contributed by atoms with Gasteiger partial charge in [-0.15, -0.1) is 0 Å². The number of carbonyl (C=O) groups is 6. The van der Waals surface area contributed by atoms with Crippen LogP contribution in [0.4, 0.5) is 4.79 Å². The van der Waals surface area contributed by atoms with Gasteiger partial charge in [0.2, 0.25) is 23.6 Å². The molecule has 2 aliphatic rings. The van der Waals surface area contributed by atoms with E-state index >= 15 is 0 Å². The van der Waals surface area contributed by atoms with E-state index < -0.39 is 91.2 Å². The Morgan fingerprint density at radius 1 is 1.03 bits per heavy atom. The van der Waals surface area contributed by atoms with Crippen molar-refractivity contribution in [1.29, 1.82) is 0 Å². The fourth-order valence-electron chi connectivity index (χ4n) is 3.35. The Balaban J connectivity index is 2.48. The van der Waals surface area contributed by atoms with E-state index in [0.29, 0.717) is 6.54 Å². The second-order valence-corrected chi connectivity index (χ2v) is 8.20. The average Bonchev–Trinajstić information content (AvgIpc) is 2.88. The van der Waals surface area contributed by atoms with Crippen molar-refractivity contribution < 1.29 is 33.9 Å². The molecule has 2 rings (SSSR count). The molecule has 0 aromatic carbocycles. The molecule has 19 heteroatoms. The summed E-state index contributed by atoms with van der Waals surface area (Å²) in [5, 5.41) is 25.8. The van der Waals surface area contributed by atoms with E-state index in [1.54, 1.807) is 0 Å². The number of guanidine groups is 1. The first-order chi connectivity index (χ1) is 18.0. The summed E-state index contributed by atoms with van der Waals surface area (Å²) in [6, 6.07) is -7.64. The number of aliphatic hydroxyl groups is 1. The normalized spacial score (nSPS) is 29.0. The largest absolute Gasteiger partial charge is 0.394 e. The second kappa shape index (κ2) is 13.7. The summed E-state index contributed by atoms with van der Waals surface area (Å²) in [6.07, 6.45) is 1.03. The topological polar surface area (TPSA) is 323 Å². The number of primary amides is 1. The Labute approximate surface area is 215 Å². The van der Waals surface area contributed by atoms with Gasteiger partial charge in [0, 0.05) is 25.8 Å². The van der Waals surface area contributed by atoms with Gasteiger partial charge in [0.1, 0.15) is 29.9 Å². The zero-order chi connectivity index (χ0) is 28.4. The highest BCUT2D eigenvalue weighted by Crippen LogP contribution is 2.09. The summed E-state index contributed by atoms with van der Waals surface area (Å²) in [5.41, 5.74) is 21.6. The molecular formula is C19H32N12O7. The Kier molecular flexibility index (Phi) is 10.7. The van der Waals surface area contributed by atoms with Crippen molar-refractivity contribution in [3.8, 4) is 0 Å². The summed E-state index contributed by atoms with van der Waals surface area (Å²) < 4.78 is 0. The van der Waals surface area contributed by atoms with Crippen LogP contribution >= 0.6 is 0 Å². The number of nitrogens with zero attached hydrogens (tertiary/aromatic N) is 1. The molecule has 2 heterocycles. The molecule has 7 amide bonds. The zero-order valence-electron chi connectivity index (χ0n) is 20.2. The third-order valence-corrected chi connectivity index (χ3v) is 5.38. The van der Waals surface area contributed by atoms with Crippen LogP contribution in [0.3, 0.4) is 0 Å². The first-order valence-corrected chi connectivity index (χ1v) is 11.4. The highest BCUT2D eigenvalue weighted by atomic mass is 16.3. The van der Waals surface area contributed by atoms with Gasteiger partial charge in [-0.25, -0.2) is 9.79 Å². The van der Waals surface area contributed by atoms with Gasteiger partial charge < -0.3 is 65.3 Å². The highest BCUT2D eigenvalue weighted by Gasteiger charge is 2.34. The van der Waals surface area contributed by atoms with Gasteiger partial charge in [-0.2, -0.15) is 0 Å². The van der Waals surface area contributed by atoms with E-state index in [0.717, 1.165) is 6.20 Å². The van der Waals surface area contributed by atoms with Crippen molar-refractivity contribution in [3.05, 3.63) is 11.9 Å². The number of nitrogens with two attached hydrogens (primary N) is 4. The van der Waals surface area contributed by atoms with Gasteiger partial charge >= 0.3 is 6.03 Å². The molecule has 5 atom stereocenters. The highest BCUT2D eigenvalue weighted by molar-refractivity contribution is 6.02. The van der Waals surface area contributed by atoms with Crippen molar-refractivity contribution in [1.82, 2.24) is 37.2 Å². The Bertz CT molecular complexity index is 1020. The van der Waals surface area contributed by atoms with Gasteiger partial charge in [-0.05, 0) is 6.42 Å². The van der Waals surface area contributed by atoms with E-state index in [4.69, 9.17) is 22.9 Å².